The summed E-state index contributed by atoms with van der Waals surface area (Å²) in [5, 5.41) is 5.87. The maximum absolute atomic E-state index is 5.10. The van der Waals surface area contributed by atoms with Gasteiger partial charge in [-0.2, -0.15) is 0 Å². The summed E-state index contributed by atoms with van der Waals surface area (Å²) in [4.78, 5) is 5.64. The average molecular weight is 290 g/mol. The fourth-order valence-electron chi connectivity index (χ4n) is 2.16. The molecule has 1 atom stereocenters. The Kier molecular flexibility index (Phi) is 5.56. The molecule has 0 saturated carbocycles. The van der Waals surface area contributed by atoms with Gasteiger partial charge >= 0.3 is 0 Å². The molecule has 0 fully saturated rings. The van der Waals surface area contributed by atoms with Crippen LogP contribution in [0, 0.1) is 6.92 Å². The molecule has 0 aliphatic carbocycles. The average Bonchev–Trinajstić information content (AvgIpc) is 2.90. The van der Waals surface area contributed by atoms with Gasteiger partial charge in [0.15, 0.2) is 0 Å². The number of hydrogen-bond donors (Lipinski definition) is 1. The van der Waals surface area contributed by atoms with Crippen molar-refractivity contribution in [3.63, 3.8) is 0 Å². The van der Waals surface area contributed by atoms with Crippen molar-refractivity contribution in [2.24, 2.45) is 0 Å². The Morgan fingerprint density at radius 2 is 2.25 bits per heavy atom. The third-order valence-electron chi connectivity index (χ3n) is 3.24. The van der Waals surface area contributed by atoms with E-state index in [2.05, 4.69) is 41.7 Å². The number of thiophene rings is 1. The molecule has 0 radical (unpaired) electrons. The fourth-order valence-corrected chi connectivity index (χ4v) is 2.92. The molecular formula is C16H22N2OS. The van der Waals surface area contributed by atoms with Gasteiger partial charge in [-0.15, -0.1) is 11.3 Å². The highest BCUT2D eigenvalue weighted by atomic mass is 32.1. The number of hydrogen-bond acceptors (Lipinski definition) is 4. The summed E-state index contributed by atoms with van der Waals surface area (Å²) in [7, 11) is 1.64. The SMILES string of the molecule is CCCNC(Cc1ccc(OC)nc1)c1csc(C)c1. The first kappa shape index (κ1) is 15.0. The smallest absolute Gasteiger partial charge is 0.212 e. The van der Waals surface area contributed by atoms with Crippen LogP contribution in [-0.2, 0) is 6.42 Å². The molecule has 0 aliphatic heterocycles. The van der Waals surface area contributed by atoms with Gasteiger partial charge in [0, 0.05) is 23.2 Å². The molecule has 0 aromatic carbocycles. The van der Waals surface area contributed by atoms with E-state index in [9.17, 15) is 0 Å². The summed E-state index contributed by atoms with van der Waals surface area (Å²) < 4.78 is 5.10. The number of aryl methyl sites for hydroxylation is 1. The van der Waals surface area contributed by atoms with Gasteiger partial charge in [0.1, 0.15) is 0 Å². The molecule has 2 aromatic heterocycles. The number of rotatable bonds is 7. The van der Waals surface area contributed by atoms with Gasteiger partial charge in [-0.05, 0) is 48.9 Å². The highest BCUT2D eigenvalue weighted by Crippen LogP contribution is 2.24. The third kappa shape index (κ3) is 4.05. The molecule has 0 aliphatic rings. The van der Waals surface area contributed by atoms with Crippen LogP contribution in [0.1, 0.15) is 35.4 Å². The first-order chi connectivity index (χ1) is 9.72. The van der Waals surface area contributed by atoms with Crippen LogP contribution in [0.25, 0.3) is 0 Å². The van der Waals surface area contributed by atoms with Crippen LogP contribution in [-0.4, -0.2) is 18.6 Å². The Morgan fingerprint density at radius 3 is 2.80 bits per heavy atom. The minimum atomic E-state index is 0.357. The Bertz CT molecular complexity index is 522. The lowest BCUT2D eigenvalue weighted by molar-refractivity contribution is 0.397. The number of nitrogens with one attached hydrogen (secondary N) is 1. The Balaban J connectivity index is 2.10. The molecule has 4 heteroatoms. The molecular weight excluding hydrogens is 268 g/mol. The van der Waals surface area contributed by atoms with Crippen molar-refractivity contribution in [2.75, 3.05) is 13.7 Å². The second-order valence-corrected chi connectivity index (χ2v) is 6.03. The molecule has 0 bridgehead atoms. The number of methoxy groups -OCH3 is 1. The highest BCUT2D eigenvalue weighted by molar-refractivity contribution is 7.10. The topological polar surface area (TPSA) is 34.1 Å². The van der Waals surface area contributed by atoms with Crippen LogP contribution in [0.4, 0.5) is 0 Å². The third-order valence-corrected chi connectivity index (χ3v) is 4.12. The van der Waals surface area contributed by atoms with E-state index < -0.39 is 0 Å². The minimum Gasteiger partial charge on any atom is -0.481 e. The lowest BCUT2D eigenvalue weighted by Gasteiger charge is -2.17. The summed E-state index contributed by atoms with van der Waals surface area (Å²) in [6.07, 6.45) is 3.99. The standard InChI is InChI=1S/C16H22N2OS/c1-4-7-17-15(14-8-12(2)20-11-14)9-13-5-6-16(19-3)18-10-13/h5-6,8,10-11,15,17H,4,7,9H2,1-3H3. The second kappa shape index (κ2) is 7.41. The quantitative estimate of drug-likeness (QED) is 0.843. The Hall–Kier alpha value is -1.39. The maximum Gasteiger partial charge on any atom is 0.212 e. The van der Waals surface area contributed by atoms with E-state index in [-0.39, 0.29) is 0 Å². The van der Waals surface area contributed by atoms with Crippen molar-refractivity contribution in [1.29, 1.82) is 0 Å². The van der Waals surface area contributed by atoms with E-state index in [0.717, 1.165) is 19.4 Å². The normalized spacial score (nSPS) is 12.3. The lowest BCUT2D eigenvalue weighted by Crippen LogP contribution is -2.23. The molecule has 108 valence electrons. The number of aromatic nitrogens is 1. The summed E-state index contributed by atoms with van der Waals surface area (Å²) in [6, 6.07) is 6.64. The number of ether oxygens (including phenoxy) is 1. The van der Waals surface area contributed by atoms with Crippen molar-refractivity contribution < 1.29 is 4.74 Å². The summed E-state index contributed by atoms with van der Waals surface area (Å²) in [5.74, 6) is 0.665. The first-order valence-electron chi connectivity index (χ1n) is 7.00. The van der Waals surface area contributed by atoms with Crippen molar-refractivity contribution >= 4 is 11.3 Å². The largest absolute Gasteiger partial charge is 0.481 e. The van der Waals surface area contributed by atoms with Gasteiger partial charge in [-0.25, -0.2) is 4.98 Å². The van der Waals surface area contributed by atoms with Gasteiger partial charge < -0.3 is 10.1 Å². The molecule has 3 nitrogen and oxygen atoms in total. The first-order valence-corrected chi connectivity index (χ1v) is 7.88. The predicted octanol–water partition coefficient (Wildman–Crippen LogP) is 3.74. The number of pyridine rings is 1. The molecule has 0 spiro atoms. The molecule has 1 N–H and O–H groups in total. The van der Waals surface area contributed by atoms with Crippen LogP contribution in [0.2, 0.25) is 0 Å². The van der Waals surface area contributed by atoms with Crippen molar-refractivity contribution in [2.45, 2.75) is 32.7 Å². The molecule has 0 saturated heterocycles. The van der Waals surface area contributed by atoms with Crippen LogP contribution in [0.3, 0.4) is 0 Å². The zero-order chi connectivity index (χ0) is 14.4. The van der Waals surface area contributed by atoms with E-state index in [4.69, 9.17) is 4.74 Å². The summed E-state index contributed by atoms with van der Waals surface area (Å²) >= 11 is 1.81. The van der Waals surface area contributed by atoms with Gasteiger partial charge in [-0.1, -0.05) is 13.0 Å². The van der Waals surface area contributed by atoms with Crippen LogP contribution in [0.15, 0.2) is 29.8 Å². The van der Waals surface area contributed by atoms with Crippen LogP contribution < -0.4 is 10.1 Å². The Labute approximate surface area is 125 Å². The summed E-state index contributed by atoms with van der Waals surface area (Å²) in [5.41, 5.74) is 2.60. The van der Waals surface area contributed by atoms with Crippen molar-refractivity contribution in [3.05, 3.63) is 45.8 Å². The van der Waals surface area contributed by atoms with E-state index in [1.54, 1.807) is 7.11 Å². The molecule has 20 heavy (non-hydrogen) atoms. The zero-order valence-electron chi connectivity index (χ0n) is 12.3. The monoisotopic (exact) mass is 290 g/mol. The fraction of sp³-hybridized carbons (Fsp3) is 0.438. The molecule has 2 aromatic rings. The number of nitrogens with zero attached hydrogens (tertiary/aromatic N) is 1. The summed E-state index contributed by atoms with van der Waals surface area (Å²) in [6.45, 7) is 5.38. The predicted molar refractivity (Wildman–Crippen MR) is 84.6 cm³/mol. The van der Waals surface area contributed by atoms with Gasteiger partial charge in [0.25, 0.3) is 0 Å². The van der Waals surface area contributed by atoms with Gasteiger partial charge in [0.05, 0.1) is 7.11 Å². The lowest BCUT2D eigenvalue weighted by atomic mass is 10.0. The van der Waals surface area contributed by atoms with E-state index in [1.807, 2.05) is 23.6 Å². The van der Waals surface area contributed by atoms with Crippen LogP contribution >= 0.6 is 11.3 Å². The molecule has 2 rings (SSSR count). The van der Waals surface area contributed by atoms with Crippen LogP contribution in [0.5, 0.6) is 5.88 Å². The van der Waals surface area contributed by atoms with E-state index in [1.165, 1.54) is 16.0 Å². The molecule has 2 heterocycles. The molecule has 1 unspecified atom stereocenters. The zero-order valence-corrected chi connectivity index (χ0v) is 13.2. The van der Waals surface area contributed by atoms with Crippen molar-refractivity contribution in [3.8, 4) is 5.88 Å². The van der Waals surface area contributed by atoms with E-state index in [0.29, 0.717) is 11.9 Å². The second-order valence-electron chi connectivity index (χ2n) is 4.91. The molecule has 0 amide bonds. The Morgan fingerprint density at radius 1 is 1.40 bits per heavy atom. The van der Waals surface area contributed by atoms with Crippen molar-refractivity contribution in [1.82, 2.24) is 10.3 Å². The van der Waals surface area contributed by atoms with Gasteiger partial charge in [0.2, 0.25) is 5.88 Å². The minimum absolute atomic E-state index is 0.357. The van der Waals surface area contributed by atoms with Gasteiger partial charge in [-0.3, -0.25) is 0 Å². The highest BCUT2D eigenvalue weighted by Gasteiger charge is 2.13. The maximum atomic E-state index is 5.10. The van der Waals surface area contributed by atoms with E-state index >= 15 is 0 Å².